The van der Waals surface area contributed by atoms with Gasteiger partial charge in [-0.2, -0.15) is 0 Å². The Morgan fingerprint density at radius 2 is 2.03 bits per heavy atom. The van der Waals surface area contributed by atoms with Crippen molar-refractivity contribution < 1.29 is 19.1 Å². The molecule has 1 aliphatic carbocycles. The van der Waals surface area contributed by atoms with E-state index in [1.54, 1.807) is 12.0 Å². The van der Waals surface area contributed by atoms with Crippen LogP contribution in [0, 0.1) is 5.92 Å². The molecule has 1 fully saturated rings. The summed E-state index contributed by atoms with van der Waals surface area (Å²) in [5.41, 5.74) is 3.59. The number of carbonyl (C=O) groups is 2. The predicted octanol–water partition coefficient (Wildman–Crippen LogP) is 3.19. The average molecular weight is 394 g/mol. The first-order chi connectivity index (χ1) is 14.1. The van der Waals surface area contributed by atoms with Crippen LogP contribution < -0.4 is 15.0 Å². The summed E-state index contributed by atoms with van der Waals surface area (Å²) in [4.78, 5) is 26.8. The molecule has 1 heterocycles. The van der Waals surface area contributed by atoms with E-state index in [0.717, 1.165) is 29.0 Å². The van der Waals surface area contributed by atoms with Gasteiger partial charge in [-0.3, -0.25) is 9.59 Å². The molecule has 2 aromatic carbocycles. The Balaban J connectivity index is 1.39. The van der Waals surface area contributed by atoms with Crippen LogP contribution in [0.2, 0.25) is 0 Å². The van der Waals surface area contributed by atoms with Gasteiger partial charge in [-0.1, -0.05) is 18.2 Å². The number of carbonyl (C=O) groups excluding carboxylic acids is 2. The first kappa shape index (κ1) is 19.5. The van der Waals surface area contributed by atoms with Crippen molar-refractivity contribution in [1.82, 2.24) is 0 Å². The minimum absolute atomic E-state index is 0.0354. The van der Waals surface area contributed by atoms with Crippen LogP contribution in [0.4, 0.5) is 11.4 Å². The molecule has 6 nitrogen and oxygen atoms in total. The lowest BCUT2D eigenvalue weighted by Gasteiger charge is -2.18. The zero-order valence-corrected chi connectivity index (χ0v) is 16.6. The summed E-state index contributed by atoms with van der Waals surface area (Å²) in [5.74, 6) is 1.24. The number of rotatable bonds is 8. The molecule has 0 bridgehead atoms. The fourth-order valence-electron chi connectivity index (χ4n) is 3.57. The van der Waals surface area contributed by atoms with Crippen molar-refractivity contribution in [2.45, 2.75) is 25.7 Å². The average Bonchev–Trinajstić information content (AvgIpc) is 3.44. The molecular formula is C23H26N2O4. The molecule has 1 saturated carbocycles. The highest BCUT2D eigenvalue weighted by Crippen LogP contribution is 2.32. The molecule has 2 aliphatic rings. The molecule has 2 amide bonds. The summed E-state index contributed by atoms with van der Waals surface area (Å²) in [7, 11) is 1.62. The summed E-state index contributed by atoms with van der Waals surface area (Å²) >= 11 is 0. The van der Waals surface area contributed by atoms with Gasteiger partial charge in [0.25, 0.3) is 0 Å². The van der Waals surface area contributed by atoms with Crippen LogP contribution in [0.15, 0.2) is 42.5 Å². The number of nitrogens with one attached hydrogen (secondary N) is 1. The Morgan fingerprint density at radius 3 is 2.83 bits per heavy atom. The van der Waals surface area contributed by atoms with E-state index >= 15 is 0 Å². The number of benzene rings is 2. The Kier molecular flexibility index (Phi) is 5.81. The standard InChI is InChI=1S/C23H26N2O4/c1-28-20-4-2-3-17(11-20)12-23(27)25-10-9-18-7-8-19(13-21(18)25)24-22(26)15-29-14-16-5-6-16/h2-4,7-8,11,13,16H,5-6,9-10,12,14-15H2,1H3,(H,24,26). The first-order valence-corrected chi connectivity index (χ1v) is 10.1. The van der Waals surface area contributed by atoms with Gasteiger partial charge in [0, 0.05) is 17.9 Å². The van der Waals surface area contributed by atoms with Crippen LogP contribution in [-0.4, -0.2) is 38.7 Å². The highest BCUT2D eigenvalue weighted by molar-refractivity contribution is 5.98. The number of fused-ring (bicyclic) bond motifs is 1. The summed E-state index contributed by atoms with van der Waals surface area (Å²) in [6, 6.07) is 13.3. The van der Waals surface area contributed by atoms with Gasteiger partial charge < -0.3 is 19.7 Å². The molecule has 0 unspecified atom stereocenters. The molecule has 0 aromatic heterocycles. The number of hydrogen-bond acceptors (Lipinski definition) is 4. The van der Waals surface area contributed by atoms with Crippen LogP contribution >= 0.6 is 0 Å². The molecule has 0 radical (unpaired) electrons. The zero-order chi connectivity index (χ0) is 20.2. The van der Waals surface area contributed by atoms with Gasteiger partial charge in [-0.05, 0) is 60.6 Å². The normalized spacial score (nSPS) is 15.1. The van der Waals surface area contributed by atoms with Crippen LogP contribution in [0.25, 0.3) is 0 Å². The summed E-state index contributed by atoms with van der Waals surface area (Å²) < 4.78 is 10.7. The summed E-state index contributed by atoms with van der Waals surface area (Å²) in [6.07, 6.45) is 3.53. The van der Waals surface area contributed by atoms with E-state index in [1.807, 2.05) is 42.5 Å². The highest BCUT2D eigenvalue weighted by Gasteiger charge is 2.25. The fraction of sp³-hybridized carbons (Fsp3) is 0.391. The number of nitrogens with zero attached hydrogens (tertiary/aromatic N) is 1. The number of amides is 2. The Labute approximate surface area is 170 Å². The molecule has 29 heavy (non-hydrogen) atoms. The van der Waals surface area contributed by atoms with Gasteiger partial charge >= 0.3 is 0 Å². The van der Waals surface area contributed by atoms with Crippen LogP contribution in [-0.2, 0) is 27.2 Å². The van der Waals surface area contributed by atoms with E-state index in [2.05, 4.69) is 5.32 Å². The zero-order valence-electron chi connectivity index (χ0n) is 16.6. The molecule has 6 heteroatoms. The number of anilines is 2. The first-order valence-electron chi connectivity index (χ1n) is 10.1. The highest BCUT2D eigenvalue weighted by atomic mass is 16.5. The molecular weight excluding hydrogens is 368 g/mol. The topological polar surface area (TPSA) is 67.9 Å². The Hall–Kier alpha value is -2.86. The number of hydrogen-bond donors (Lipinski definition) is 1. The molecule has 0 saturated heterocycles. The summed E-state index contributed by atoms with van der Waals surface area (Å²) in [5, 5.41) is 2.87. The number of methoxy groups -OCH3 is 1. The Bertz CT molecular complexity index is 908. The molecule has 1 aliphatic heterocycles. The Morgan fingerprint density at radius 1 is 1.17 bits per heavy atom. The lowest BCUT2D eigenvalue weighted by Crippen LogP contribution is -2.30. The monoisotopic (exact) mass is 394 g/mol. The smallest absolute Gasteiger partial charge is 0.250 e. The van der Waals surface area contributed by atoms with Gasteiger partial charge in [0.2, 0.25) is 11.8 Å². The molecule has 0 spiro atoms. The molecule has 1 N–H and O–H groups in total. The van der Waals surface area contributed by atoms with Gasteiger partial charge in [-0.15, -0.1) is 0 Å². The van der Waals surface area contributed by atoms with Crippen molar-refractivity contribution in [1.29, 1.82) is 0 Å². The van der Waals surface area contributed by atoms with Gasteiger partial charge in [0.15, 0.2) is 0 Å². The predicted molar refractivity (Wildman–Crippen MR) is 111 cm³/mol. The van der Waals surface area contributed by atoms with Gasteiger partial charge in [0.1, 0.15) is 12.4 Å². The maximum Gasteiger partial charge on any atom is 0.250 e. The third-order valence-corrected chi connectivity index (χ3v) is 5.34. The van der Waals surface area contributed by atoms with Crippen molar-refractivity contribution in [3.05, 3.63) is 53.6 Å². The van der Waals surface area contributed by atoms with E-state index in [9.17, 15) is 9.59 Å². The SMILES string of the molecule is COc1cccc(CC(=O)N2CCc3ccc(NC(=O)COCC4CC4)cc32)c1. The van der Waals surface area contributed by atoms with Crippen LogP contribution in [0.1, 0.15) is 24.0 Å². The summed E-state index contributed by atoms with van der Waals surface area (Å²) in [6.45, 7) is 1.37. The van der Waals surface area contributed by atoms with E-state index < -0.39 is 0 Å². The largest absolute Gasteiger partial charge is 0.497 e. The fourth-order valence-corrected chi connectivity index (χ4v) is 3.57. The quantitative estimate of drug-likeness (QED) is 0.747. The van der Waals surface area contributed by atoms with Crippen molar-refractivity contribution in [2.24, 2.45) is 5.92 Å². The molecule has 4 rings (SSSR count). The molecule has 152 valence electrons. The second-order valence-electron chi connectivity index (χ2n) is 7.67. The maximum atomic E-state index is 12.9. The second-order valence-corrected chi connectivity index (χ2v) is 7.67. The minimum atomic E-state index is -0.169. The van der Waals surface area contributed by atoms with Crippen molar-refractivity contribution >= 4 is 23.2 Å². The maximum absolute atomic E-state index is 12.9. The van der Waals surface area contributed by atoms with Gasteiger partial charge in [-0.25, -0.2) is 0 Å². The van der Waals surface area contributed by atoms with E-state index in [1.165, 1.54) is 12.8 Å². The third kappa shape index (κ3) is 4.95. The molecule has 0 atom stereocenters. The lowest BCUT2D eigenvalue weighted by atomic mass is 10.1. The molecule has 2 aromatic rings. The van der Waals surface area contributed by atoms with Crippen molar-refractivity contribution in [3.8, 4) is 5.75 Å². The lowest BCUT2D eigenvalue weighted by molar-refractivity contribution is -0.120. The minimum Gasteiger partial charge on any atom is -0.497 e. The second kappa shape index (κ2) is 8.66. The van der Waals surface area contributed by atoms with Crippen LogP contribution in [0.5, 0.6) is 5.75 Å². The van der Waals surface area contributed by atoms with E-state index in [4.69, 9.17) is 9.47 Å². The van der Waals surface area contributed by atoms with E-state index in [-0.39, 0.29) is 18.4 Å². The van der Waals surface area contributed by atoms with Crippen molar-refractivity contribution in [3.63, 3.8) is 0 Å². The van der Waals surface area contributed by atoms with E-state index in [0.29, 0.717) is 31.2 Å². The third-order valence-electron chi connectivity index (χ3n) is 5.34. The van der Waals surface area contributed by atoms with Crippen molar-refractivity contribution in [2.75, 3.05) is 37.1 Å². The van der Waals surface area contributed by atoms with Crippen LogP contribution in [0.3, 0.4) is 0 Å². The van der Waals surface area contributed by atoms with Gasteiger partial charge in [0.05, 0.1) is 20.1 Å². The number of ether oxygens (including phenoxy) is 2.